The average molecular weight is 314 g/mol. The van der Waals surface area contributed by atoms with Crippen molar-refractivity contribution in [3.63, 3.8) is 0 Å². The van der Waals surface area contributed by atoms with Crippen molar-refractivity contribution < 1.29 is 9.53 Å². The topological polar surface area (TPSA) is 38.3 Å². The van der Waals surface area contributed by atoms with E-state index in [0.29, 0.717) is 19.6 Å². The molecule has 20 heavy (non-hydrogen) atoms. The predicted molar refractivity (Wildman–Crippen MR) is 79.3 cm³/mol. The molecule has 2 aliphatic rings. The van der Waals surface area contributed by atoms with Gasteiger partial charge < -0.3 is 10.1 Å². The van der Waals surface area contributed by atoms with E-state index in [1.54, 1.807) is 6.92 Å². The molecule has 1 saturated carbocycles. The quantitative estimate of drug-likeness (QED) is 0.871. The number of benzene rings is 1. The first-order valence-corrected chi connectivity index (χ1v) is 7.55. The smallest absolute Gasteiger partial charge is 0.229 e. The van der Waals surface area contributed by atoms with Crippen molar-refractivity contribution in [2.75, 3.05) is 13.2 Å². The SMILES string of the molecule is CC1(C(=O)NCC2COc3ccccc3C2)CC1(Cl)Cl. The van der Waals surface area contributed by atoms with Crippen molar-refractivity contribution in [1.29, 1.82) is 0 Å². The fraction of sp³-hybridized carbons (Fsp3) is 0.533. The van der Waals surface area contributed by atoms with Gasteiger partial charge in [-0.1, -0.05) is 18.2 Å². The molecule has 5 heteroatoms. The van der Waals surface area contributed by atoms with Gasteiger partial charge in [0.05, 0.1) is 12.0 Å². The van der Waals surface area contributed by atoms with Crippen LogP contribution in [0.1, 0.15) is 18.9 Å². The maximum Gasteiger partial charge on any atom is 0.229 e. The Bertz CT molecular complexity index is 546. The summed E-state index contributed by atoms with van der Waals surface area (Å²) >= 11 is 12.0. The van der Waals surface area contributed by atoms with E-state index in [2.05, 4.69) is 11.4 Å². The van der Waals surface area contributed by atoms with Gasteiger partial charge >= 0.3 is 0 Å². The summed E-state index contributed by atoms with van der Waals surface area (Å²) in [6.07, 6.45) is 1.43. The number of alkyl halides is 2. The molecule has 1 aliphatic heterocycles. The number of rotatable bonds is 3. The van der Waals surface area contributed by atoms with E-state index in [9.17, 15) is 4.79 Å². The highest BCUT2D eigenvalue weighted by Gasteiger charge is 2.67. The summed E-state index contributed by atoms with van der Waals surface area (Å²) in [6.45, 7) is 3.02. The number of para-hydroxylation sites is 1. The van der Waals surface area contributed by atoms with Crippen LogP contribution in [-0.4, -0.2) is 23.4 Å². The molecule has 1 aliphatic carbocycles. The van der Waals surface area contributed by atoms with Crippen LogP contribution in [0.15, 0.2) is 24.3 Å². The normalized spacial score (nSPS) is 30.1. The van der Waals surface area contributed by atoms with E-state index in [1.165, 1.54) is 5.56 Å². The third-order valence-corrected chi connectivity index (χ3v) is 5.37. The highest BCUT2D eigenvalue weighted by Crippen LogP contribution is 2.63. The van der Waals surface area contributed by atoms with Crippen molar-refractivity contribution in [2.24, 2.45) is 11.3 Å². The molecule has 1 N–H and O–H groups in total. The van der Waals surface area contributed by atoms with Crippen LogP contribution in [-0.2, 0) is 11.2 Å². The minimum absolute atomic E-state index is 0.0682. The molecular weight excluding hydrogens is 297 g/mol. The van der Waals surface area contributed by atoms with Crippen LogP contribution in [0.2, 0.25) is 0 Å². The Morgan fingerprint density at radius 3 is 2.85 bits per heavy atom. The van der Waals surface area contributed by atoms with Gasteiger partial charge in [0, 0.05) is 12.5 Å². The zero-order valence-electron chi connectivity index (χ0n) is 11.3. The Hall–Kier alpha value is -0.930. The number of fused-ring (bicyclic) bond motifs is 1. The summed E-state index contributed by atoms with van der Waals surface area (Å²) in [5.74, 6) is 1.17. The molecule has 1 fully saturated rings. The van der Waals surface area contributed by atoms with Gasteiger partial charge in [0.1, 0.15) is 10.1 Å². The molecule has 0 bridgehead atoms. The Morgan fingerprint density at radius 1 is 1.45 bits per heavy atom. The van der Waals surface area contributed by atoms with E-state index in [-0.39, 0.29) is 11.8 Å². The fourth-order valence-electron chi connectivity index (χ4n) is 2.60. The van der Waals surface area contributed by atoms with E-state index >= 15 is 0 Å². The zero-order valence-corrected chi connectivity index (χ0v) is 12.8. The zero-order chi connectivity index (χ0) is 14.4. The molecule has 108 valence electrons. The molecule has 0 saturated heterocycles. The van der Waals surface area contributed by atoms with Crippen LogP contribution in [0.5, 0.6) is 5.75 Å². The maximum absolute atomic E-state index is 12.1. The number of nitrogens with one attached hydrogen (secondary N) is 1. The molecule has 0 radical (unpaired) electrons. The molecule has 3 rings (SSSR count). The van der Waals surface area contributed by atoms with Gasteiger partial charge in [-0.2, -0.15) is 0 Å². The molecular formula is C15H17Cl2NO2. The lowest BCUT2D eigenvalue weighted by Gasteiger charge is -2.26. The Labute approximate surface area is 128 Å². The van der Waals surface area contributed by atoms with Gasteiger partial charge in [0.25, 0.3) is 0 Å². The van der Waals surface area contributed by atoms with Crippen molar-refractivity contribution in [2.45, 2.75) is 24.1 Å². The molecule has 0 aromatic heterocycles. The Kier molecular flexibility index (Phi) is 3.38. The van der Waals surface area contributed by atoms with E-state index in [4.69, 9.17) is 27.9 Å². The monoisotopic (exact) mass is 313 g/mol. The first-order valence-electron chi connectivity index (χ1n) is 6.79. The molecule has 1 aromatic carbocycles. The van der Waals surface area contributed by atoms with Gasteiger partial charge in [-0.25, -0.2) is 0 Å². The summed E-state index contributed by atoms with van der Waals surface area (Å²) in [5, 5.41) is 2.95. The highest BCUT2D eigenvalue weighted by molar-refractivity contribution is 6.53. The lowest BCUT2D eigenvalue weighted by molar-refractivity contribution is -0.126. The second-order valence-corrected chi connectivity index (χ2v) is 7.40. The number of carbonyl (C=O) groups is 1. The predicted octanol–water partition coefficient (Wildman–Crippen LogP) is 2.94. The van der Waals surface area contributed by atoms with Gasteiger partial charge in [-0.15, -0.1) is 23.2 Å². The Morgan fingerprint density at radius 2 is 2.15 bits per heavy atom. The Balaban J connectivity index is 1.55. The fourth-order valence-corrected chi connectivity index (χ4v) is 3.31. The molecule has 2 unspecified atom stereocenters. The first kappa shape index (κ1) is 14.0. The molecule has 2 atom stereocenters. The van der Waals surface area contributed by atoms with Crippen molar-refractivity contribution in [1.82, 2.24) is 5.32 Å². The first-order chi connectivity index (χ1) is 9.42. The van der Waals surface area contributed by atoms with Crippen molar-refractivity contribution >= 4 is 29.1 Å². The number of carbonyl (C=O) groups excluding carboxylic acids is 1. The minimum Gasteiger partial charge on any atom is -0.493 e. The summed E-state index contributed by atoms with van der Waals surface area (Å²) < 4.78 is 4.80. The second-order valence-electron chi connectivity index (χ2n) is 5.91. The van der Waals surface area contributed by atoms with Gasteiger partial charge in [0.2, 0.25) is 5.91 Å². The van der Waals surface area contributed by atoms with Gasteiger partial charge in [-0.05, 0) is 31.4 Å². The third-order valence-electron chi connectivity index (χ3n) is 4.27. The third kappa shape index (κ3) is 2.38. The van der Waals surface area contributed by atoms with Crippen LogP contribution in [0, 0.1) is 11.3 Å². The van der Waals surface area contributed by atoms with Crippen LogP contribution in [0.4, 0.5) is 0 Å². The molecule has 1 heterocycles. The average Bonchev–Trinajstić information content (AvgIpc) is 2.96. The summed E-state index contributed by atoms with van der Waals surface area (Å²) in [6, 6.07) is 8.01. The summed E-state index contributed by atoms with van der Waals surface area (Å²) in [5.41, 5.74) is 0.545. The summed E-state index contributed by atoms with van der Waals surface area (Å²) in [7, 11) is 0. The van der Waals surface area contributed by atoms with Gasteiger partial charge in [0.15, 0.2) is 0 Å². The van der Waals surface area contributed by atoms with Crippen LogP contribution < -0.4 is 10.1 Å². The molecule has 3 nitrogen and oxygen atoms in total. The number of hydrogen-bond acceptors (Lipinski definition) is 2. The number of amides is 1. The van der Waals surface area contributed by atoms with E-state index in [0.717, 1.165) is 12.2 Å². The number of halogens is 2. The molecule has 1 amide bonds. The van der Waals surface area contributed by atoms with Crippen LogP contribution in [0.3, 0.4) is 0 Å². The number of ether oxygens (including phenoxy) is 1. The highest BCUT2D eigenvalue weighted by atomic mass is 35.5. The van der Waals surface area contributed by atoms with Crippen LogP contribution in [0.25, 0.3) is 0 Å². The number of hydrogen-bond donors (Lipinski definition) is 1. The van der Waals surface area contributed by atoms with E-state index in [1.807, 2.05) is 18.2 Å². The van der Waals surface area contributed by atoms with E-state index < -0.39 is 9.75 Å². The lowest BCUT2D eigenvalue weighted by Crippen LogP contribution is -2.39. The van der Waals surface area contributed by atoms with Gasteiger partial charge in [-0.3, -0.25) is 4.79 Å². The van der Waals surface area contributed by atoms with Crippen molar-refractivity contribution in [3.05, 3.63) is 29.8 Å². The second kappa shape index (κ2) is 4.81. The molecule has 1 aromatic rings. The standard InChI is InChI=1S/C15H17Cl2NO2/c1-14(9-15(14,16)17)13(19)18-7-10-6-11-4-2-3-5-12(11)20-8-10/h2-5,10H,6-9H2,1H3,(H,18,19). The summed E-state index contributed by atoms with van der Waals surface area (Å²) in [4.78, 5) is 12.1. The molecule has 0 spiro atoms. The maximum atomic E-state index is 12.1. The minimum atomic E-state index is -0.910. The largest absolute Gasteiger partial charge is 0.493 e. The van der Waals surface area contributed by atoms with Crippen LogP contribution >= 0.6 is 23.2 Å². The van der Waals surface area contributed by atoms with Crippen molar-refractivity contribution in [3.8, 4) is 5.75 Å². The lowest BCUT2D eigenvalue weighted by atomic mass is 9.96.